The molecule has 0 radical (unpaired) electrons. The summed E-state index contributed by atoms with van der Waals surface area (Å²) in [5, 5.41) is 10.7. The predicted molar refractivity (Wildman–Crippen MR) is 36.7 cm³/mol. The van der Waals surface area contributed by atoms with Crippen molar-refractivity contribution in [1.29, 1.82) is 5.26 Å². The minimum Gasteiger partial charge on any atom is -0.319 e. The minimum absolute atomic E-state index is 0.582. The minimum atomic E-state index is 0.582. The van der Waals surface area contributed by atoms with E-state index in [9.17, 15) is 0 Å². The van der Waals surface area contributed by atoms with Crippen LogP contribution in [0.1, 0.15) is 5.56 Å². The zero-order chi connectivity index (χ0) is 7.23. The Morgan fingerprint density at radius 3 is 2.80 bits per heavy atom. The van der Waals surface area contributed by atoms with Crippen molar-refractivity contribution in [3.05, 3.63) is 30.1 Å². The highest BCUT2D eigenvalue weighted by molar-refractivity contribution is 5.09. The van der Waals surface area contributed by atoms with E-state index in [1.807, 2.05) is 18.3 Å². The van der Waals surface area contributed by atoms with Crippen LogP contribution in [0.15, 0.2) is 24.5 Å². The molecule has 0 fully saturated rings. The van der Waals surface area contributed by atoms with Gasteiger partial charge < -0.3 is 5.32 Å². The second kappa shape index (κ2) is 3.46. The molecular formula is C7H7N3. The maximum absolute atomic E-state index is 8.15. The Bertz CT molecular complexity index is 224. The summed E-state index contributed by atoms with van der Waals surface area (Å²) in [6.07, 6.45) is 5.25. The van der Waals surface area contributed by atoms with Crippen LogP contribution in [0.3, 0.4) is 0 Å². The van der Waals surface area contributed by atoms with Gasteiger partial charge in [-0.05, 0) is 17.7 Å². The van der Waals surface area contributed by atoms with Crippen LogP contribution in [0.2, 0.25) is 0 Å². The fraction of sp³-hybridized carbons (Fsp3) is 0.143. The third-order valence-corrected chi connectivity index (χ3v) is 1.12. The van der Waals surface area contributed by atoms with Gasteiger partial charge in [0.05, 0.1) is 0 Å². The maximum Gasteiger partial charge on any atom is 0.176 e. The van der Waals surface area contributed by atoms with Gasteiger partial charge in [-0.2, -0.15) is 5.26 Å². The molecule has 50 valence electrons. The third-order valence-electron chi connectivity index (χ3n) is 1.12. The lowest BCUT2D eigenvalue weighted by atomic mass is 10.3. The van der Waals surface area contributed by atoms with E-state index in [1.54, 1.807) is 12.4 Å². The first-order valence-electron chi connectivity index (χ1n) is 2.94. The molecule has 0 saturated carbocycles. The van der Waals surface area contributed by atoms with E-state index in [1.165, 1.54) is 0 Å². The summed E-state index contributed by atoms with van der Waals surface area (Å²) in [5.41, 5.74) is 1.07. The molecule has 1 heterocycles. The summed E-state index contributed by atoms with van der Waals surface area (Å²) >= 11 is 0. The summed E-state index contributed by atoms with van der Waals surface area (Å²) in [6, 6.07) is 3.73. The molecule has 0 amide bonds. The first-order valence-corrected chi connectivity index (χ1v) is 2.94. The van der Waals surface area contributed by atoms with Crippen LogP contribution in [0, 0.1) is 11.5 Å². The molecule has 0 unspecified atom stereocenters. The molecule has 0 aliphatic carbocycles. The summed E-state index contributed by atoms with van der Waals surface area (Å²) in [7, 11) is 0. The molecule has 0 aliphatic heterocycles. The first kappa shape index (κ1) is 6.56. The molecule has 0 aliphatic rings. The van der Waals surface area contributed by atoms with Crippen molar-refractivity contribution in [3.8, 4) is 6.19 Å². The van der Waals surface area contributed by atoms with Gasteiger partial charge in [0, 0.05) is 18.9 Å². The zero-order valence-corrected chi connectivity index (χ0v) is 5.41. The molecule has 0 spiro atoms. The van der Waals surface area contributed by atoms with Crippen molar-refractivity contribution in [3.63, 3.8) is 0 Å². The Morgan fingerprint density at radius 2 is 2.20 bits per heavy atom. The zero-order valence-electron chi connectivity index (χ0n) is 5.41. The highest BCUT2D eigenvalue weighted by atomic mass is 14.8. The number of nitriles is 1. The van der Waals surface area contributed by atoms with Crippen LogP contribution in [-0.4, -0.2) is 4.98 Å². The summed E-state index contributed by atoms with van der Waals surface area (Å²) in [5.74, 6) is 0. The van der Waals surface area contributed by atoms with E-state index in [-0.39, 0.29) is 0 Å². The molecule has 0 atom stereocenters. The molecule has 1 N–H and O–H groups in total. The maximum atomic E-state index is 8.15. The van der Waals surface area contributed by atoms with Crippen molar-refractivity contribution >= 4 is 0 Å². The van der Waals surface area contributed by atoms with Gasteiger partial charge in [-0.1, -0.05) is 0 Å². The van der Waals surface area contributed by atoms with Crippen LogP contribution in [0.4, 0.5) is 0 Å². The normalized spacial score (nSPS) is 8.30. The van der Waals surface area contributed by atoms with Gasteiger partial charge >= 0.3 is 0 Å². The second-order valence-corrected chi connectivity index (χ2v) is 1.82. The molecule has 1 aromatic heterocycles. The van der Waals surface area contributed by atoms with Crippen molar-refractivity contribution < 1.29 is 0 Å². The average Bonchev–Trinajstić information content (AvgIpc) is 2.03. The first-order chi connectivity index (χ1) is 4.93. The lowest BCUT2D eigenvalue weighted by Gasteiger charge is -1.94. The number of hydrogen-bond acceptors (Lipinski definition) is 3. The van der Waals surface area contributed by atoms with E-state index in [0.717, 1.165) is 5.56 Å². The monoisotopic (exact) mass is 133 g/mol. The van der Waals surface area contributed by atoms with Crippen LogP contribution in [0.25, 0.3) is 0 Å². The molecule has 0 bridgehead atoms. The molecule has 0 aromatic carbocycles. The quantitative estimate of drug-likeness (QED) is 0.476. The number of rotatable bonds is 2. The van der Waals surface area contributed by atoms with Crippen LogP contribution in [0.5, 0.6) is 0 Å². The van der Waals surface area contributed by atoms with Gasteiger partial charge in [-0.3, -0.25) is 4.98 Å². The van der Waals surface area contributed by atoms with Gasteiger partial charge in [-0.25, -0.2) is 0 Å². The van der Waals surface area contributed by atoms with Crippen molar-refractivity contribution in [2.75, 3.05) is 0 Å². The Hall–Kier alpha value is -1.56. The van der Waals surface area contributed by atoms with E-state index in [0.29, 0.717) is 6.54 Å². The topological polar surface area (TPSA) is 48.7 Å². The third kappa shape index (κ3) is 1.75. The molecule has 1 rings (SSSR count). The number of hydrogen-bond donors (Lipinski definition) is 1. The van der Waals surface area contributed by atoms with Gasteiger partial charge in [0.15, 0.2) is 6.19 Å². The molecule has 1 aromatic rings. The van der Waals surface area contributed by atoms with Gasteiger partial charge in [0.2, 0.25) is 0 Å². The molecule has 10 heavy (non-hydrogen) atoms. The number of aromatic nitrogens is 1. The van der Waals surface area contributed by atoms with Gasteiger partial charge in [0.1, 0.15) is 0 Å². The van der Waals surface area contributed by atoms with E-state index < -0.39 is 0 Å². The predicted octanol–water partition coefficient (Wildman–Crippen LogP) is 0.652. The summed E-state index contributed by atoms with van der Waals surface area (Å²) in [6.45, 7) is 0.582. The van der Waals surface area contributed by atoms with Crippen molar-refractivity contribution in [2.45, 2.75) is 6.54 Å². The summed E-state index contributed by atoms with van der Waals surface area (Å²) in [4.78, 5) is 3.84. The fourth-order valence-electron chi connectivity index (χ4n) is 0.642. The SMILES string of the molecule is N#CNCc1ccncc1. The van der Waals surface area contributed by atoms with Gasteiger partial charge in [-0.15, -0.1) is 0 Å². The standard InChI is InChI=1S/C7H7N3/c8-6-10-5-7-1-3-9-4-2-7/h1-4,10H,5H2. The largest absolute Gasteiger partial charge is 0.319 e. The lowest BCUT2D eigenvalue weighted by molar-refractivity contribution is 0.881. The molecule has 3 heteroatoms. The van der Waals surface area contributed by atoms with Crippen molar-refractivity contribution in [1.82, 2.24) is 10.3 Å². The number of nitrogens with zero attached hydrogens (tertiary/aromatic N) is 2. The van der Waals surface area contributed by atoms with Crippen LogP contribution in [-0.2, 0) is 6.54 Å². The van der Waals surface area contributed by atoms with Crippen LogP contribution < -0.4 is 5.32 Å². The lowest BCUT2D eigenvalue weighted by Crippen LogP contribution is -2.03. The van der Waals surface area contributed by atoms with E-state index in [2.05, 4.69) is 10.3 Å². The Balaban J connectivity index is 2.52. The van der Waals surface area contributed by atoms with E-state index >= 15 is 0 Å². The number of pyridine rings is 1. The summed E-state index contributed by atoms with van der Waals surface area (Å²) < 4.78 is 0. The smallest absolute Gasteiger partial charge is 0.176 e. The van der Waals surface area contributed by atoms with Crippen molar-refractivity contribution in [2.24, 2.45) is 0 Å². The highest BCUT2D eigenvalue weighted by Gasteiger charge is 1.86. The fourth-order valence-corrected chi connectivity index (χ4v) is 0.642. The van der Waals surface area contributed by atoms with Crippen LogP contribution >= 0.6 is 0 Å². The number of nitrogens with one attached hydrogen (secondary N) is 1. The molecule has 3 nitrogen and oxygen atoms in total. The highest BCUT2D eigenvalue weighted by Crippen LogP contribution is 1.93. The average molecular weight is 133 g/mol. The molecular weight excluding hydrogens is 126 g/mol. The molecule has 0 saturated heterocycles. The second-order valence-electron chi connectivity index (χ2n) is 1.82. The Labute approximate surface area is 59.3 Å². The Kier molecular flexibility index (Phi) is 2.27. The van der Waals surface area contributed by atoms with E-state index in [4.69, 9.17) is 5.26 Å². The Morgan fingerprint density at radius 1 is 1.50 bits per heavy atom. The van der Waals surface area contributed by atoms with Gasteiger partial charge in [0.25, 0.3) is 0 Å².